The number of thioether (sulfide) groups is 1. The zero-order valence-corrected chi connectivity index (χ0v) is 11.8. The number of carbonyl (C=O) groups is 1. The maximum absolute atomic E-state index is 10.6. The fourth-order valence-corrected chi connectivity index (χ4v) is 1.72. The maximum Gasteiger partial charge on any atom is 0.138 e. The summed E-state index contributed by atoms with van der Waals surface area (Å²) in [5.41, 5.74) is 1.13. The minimum absolute atomic E-state index is 0.364. The molecule has 20 heavy (non-hydrogen) atoms. The third-order valence-corrected chi connectivity index (χ3v) is 2.65. The Hall–Kier alpha value is -2.31. The van der Waals surface area contributed by atoms with Crippen molar-refractivity contribution in [2.75, 3.05) is 17.7 Å². The lowest BCUT2D eigenvalue weighted by Crippen LogP contribution is -2.29. The van der Waals surface area contributed by atoms with E-state index >= 15 is 0 Å². The topological polar surface area (TPSA) is 85.2 Å². The van der Waals surface area contributed by atoms with Crippen molar-refractivity contribution in [2.45, 2.75) is 13.3 Å². The van der Waals surface area contributed by atoms with E-state index in [0.29, 0.717) is 35.8 Å². The summed E-state index contributed by atoms with van der Waals surface area (Å²) < 4.78 is 5.37. The molecule has 0 aliphatic rings. The van der Waals surface area contributed by atoms with Crippen LogP contribution < -0.4 is 15.2 Å². The van der Waals surface area contributed by atoms with Gasteiger partial charge in [0, 0.05) is 12.1 Å². The van der Waals surface area contributed by atoms with Gasteiger partial charge in [-0.15, -0.1) is 0 Å². The predicted octanol–water partition coefficient (Wildman–Crippen LogP) is 1.60. The minimum Gasteiger partial charge on any atom is -0.530 e. The average Bonchev–Trinajstić information content (AvgIpc) is 2.41. The number of ether oxygens (including phenoxy) is 1. The van der Waals surface area contributed by atoms with Crippen molar-refractivity contribution in [1.82, 2.24) is 0 Å². The number of benzene rings is 1. The largest absolute Gasteiger partial charge is 0.530 e. The highest BCUT2D eigenvalue weighted by atomic mass is 32.2. The molecule has 104 valence electrons. The fraction of sp³-hybridized carbons (Fsp3) is 0.286. The number of nitrogens with zero attached hydrogens (tertiary/aromatic N) is 1. The highest BCUT2D eigenvalue weighted by molar-refractivity contribution is 8.03. The number of nitriles is 1. The van der Waals surface area contributed by atoms with Gasteiger partial charge in [-0.05, 0) is 42.4 Å². The Balaban J connectivity index is 2.86. The van der Waals surface area contributed by atoms with Crippen molar-refractivity contribution in [3.63, 3.8) is 0 Å². The summed E-state index contributed by atoms with van der Waals surface area (Å²) in [5.74, 6) is 6.79. The Morgan fingerprint density at radius 2 is 2.30 bits per heavy atom. The van der Waals surface area contributed by atoms with Crippen molar-refractivity contribution in [3.05, 3.63) is 23.8 Å². The fourth-order valence-electron chi connectivity index (χ4n) is 1.48. The van der Waals surface area contributed by atoms with Crippen LogP contribution in [-0.4, -0.2) is 18.5 Å². The summed E-state index contributed by atoms with van der Waals surface area (Å²) in [6.07, 6.45) is -1.01. The number of rotatable bonds is 5. The summed E-state index contributed by atoms with van der Waals surface area (Å²) in [6, 6.07) is 5.03. The standard InChI is InChI=1S/C14H14N2O3S/c1-2-19-12-6-7-13(16-14(17)18)11(9-12)5-3-4-8-20-10-15/h6-7,9,16H,2,5,8H2,1H3,(H,17,18)/p-1. The van der Waals surface area contributed by atoms with E-state index in [2.05, 4.69) is 17.2 Å². The number of hydrogen-bond donors (Lipinski definition) is 1. The van der Waals surface area contributed by atoms with Gasteiger partial charge in [-0.3, -0.25) is 0 Å². The van der Waals surface area contributed by atoms with Crippen LogP contribution in [0, 0.1) is 22.5 Å². The Morgan fingerprint density at radius 3 is 2.95 bits per heavy atom. The molecule has 0 atom stereocenters. The molecule has 0 saturated carbocycles. The average molecular weight is 289 g/mol. The van der Waals surface area contributed by atoms with Crippen LogP contribution in [0.4, 0.5) is 10.5 Å². The monoisotopic (exact) mass is 289 g/mol. The molecule has 0 aromatic heterocycles. The van der Waals surface area contributed by atoms with Crippen molar-refractivity contribution >= 4 is 23.5 Å². The molecular formula is C14H13N2O3S-. The second-order valence-corrected chi connectivity index (χ2v) is 4.33. The highest BCUT2D eigenvalue weighted by Crippen LogP contribution is 2.22. The molecule has 0 aliphatic carbocycles. The highest BCUT2D eigenvalue weighted by Gasteiger charge is 2.04. The second kappa shape index (κ2) is 8.73. The number of carboxylic acid groups (broad SMARTS) is 1. The first-order chi connectivity index (χ1) is 9.67. The number of thiocyanates is 1. The summed E-state index contributed by atoms with van der Waals surface area (Å²) in [7, 11) is 0. The molecule has 1 N–H and O–H groups in total. The van der Waals surface area contributed by atoms with E-state index in [9.17, 15) is 9.90 Å². The lowest BCUT2D eigenvalue weighted by Gasteiger charge is -2.12. The number of carbonyl (C=O) groups excluding carboxylic acids is 1. The van der Waals surface area contributed by atoms with Crippen LogP contribution in [0.2, 0.25) is 0 Å². The van der Waals surface area contributed by atoms with E-state index in [-0.39, 0.29) is 0 Å². The lowest BCUT2D eigenvalue weighted by atomic mass is 10.1. The van der Waals surface area contributed by atoms with Gasteiger partial charge in [0.15, 0.2) is 0 Å². The summed E-state index contributed by atoms with van der Waals surface area (Å²) >= 11 is 1.06. The molecule has 0 aliphatic heterocycles. The number of nitrogens with one attached hydrogen (secondary N) is 1. The number of hydrogen-bond acceptors (Lipinski definition) is 5. The molecule has 0 spiro atoms. The SMILES string of the molecule is CCOc1ccc(NC(=O)[O-])c(CC#CCSC#N)c1. The van der Waals surface area contributed by atoms with Crippen molar-refractivity contribution in [1.29, 1.82) is 5.26 Å². The van der Waals surface area contributed by atoms with E-state index in [4.69, 9.17) is 10.00 Å². The van der Waals surface area contributed by atoms with Gasteiger partial charge in [0.1, 0.15) is 17.2 Å². The van der Waals surface area contributed by atoms with Gasteiger partial charge in [0.2, 0.25) is 0 Å². The summed E-state index contributed by atoms with van der Waals surface area (Å²) in [5, 5.41) is 23.1. The molecule has 1 amide bonds. The maximum atomic E-state index is 10.6. The summed E-state index contributed by atoms with van der Waals surface area (Å²) in [4.78, 5) is 10.6. The van der Waals surface area contributed by atoms with Gasteiger partial charge < -0.3 is 20.0 Å². The smallest absolute Gasteiger partial charge is 0.138 e. The molecule has 1 aromatic rings. The van der Waals surface area contributed by atoms with E-state index < -0.39 is 6.09 Å². The first-order valence-corrected chi connectivity index (χ1v) is 6.86. The molecule has 5 nitrogen and oxygen atoms in total. The molecule has 0 unspecified atom stereocenters. The van der Waals surface area contributed by atoms with Crippen LogP contribution in [0.5, 0.6) is 5.75 Å². The molecule has 0 radical (unpaired) electrons. The van der Waals surface area contributed by atoms with Gasteiger partial charge in [-0.1, -0.05) is 11.8 Å². The summed E-state index contributed by atoms with van der Waals surface area (Å²) in [6.45, 7) is 2.39. The van der Waals surface area contributed by atoms with Gasteiger partial charge in [-0.25, -0.2) is 0 Å². The quantitative estimate of drug-likeness (QED) is 0.505. The van der Waals surface area contributed by atoms with Gasteiger partial charge in [0.25, 0.3) is 0 Å². The third-order valence-electron chi connectivity index (χ3n) is 2.24. The Morgan fingerprint density at radius 1 is 1.50 bits per heavy atom. The van der Waals surface area contributed by atoms with Crippen LogP contribution in [0.1, 0.15) is 12.5 Å². The first kappa shape index (κ1) is 15.7. The van der Waals surface area contributed by atoms with Gasteiger partial charge >= 0.3 is 0 Å². The Kier molecular flexibility index (Phi) is 6.88. The molecule has 0 saturated heterocycles. The first-order valence-electron chi connectivity index (χ1n) is 5.87. The lowest BCUT2D eigenvalue weighted by molar-refractivity contribution is -0.242. The van der Waals surface area contributed by atoms with Crippen LogP contribution in [-0.2, 0) is 6.42 Å². The number of amides is 1. The molecular weight excluding hydrogens is 276 g/mol. The van der Waals surface area contributed by atoms with E-state index in [1.807, 2.05) is 12.3 Å². The zero-order valence-electron chi connectivity index (χ0n) is 10.9. The molecule has 0 heterocycles. The van der Waals surface area contributed by atoms with Crippen LogP contribution >= 0.6 is 11.8 Å². The zero-order chi connectivity index (χ0) is 14.8. The van der Waals surface area contributed by atoms with Gasteiger partial charge in [-0.2, -0.15) is 5.26 Å². The van der Waals surface area contributed by atoms with E-state index in [0.717, 1.165) is 11.8 Å². The Bertz CT molecular complexity index is 570. The predicted molar refractivity (Wildman–Crippen MR) is 76.2 cm³/mol. The number of anilines is 1. The van der Waals surface area contributed by atoms with E-state index in [1.54, 1.807) is 18.2 Å². The molecule has 0 bridgehead atoms. The molecule has 0 fully saturated rings. The van der Waals surface area contributed by atoms with Crippen LogP contribution in [0.25, 0.3) is 0 Å². The van der Waals surface area contributed by atoms with Crippen molar-refractivity contribution < 1.29 is 14.6 Å². The van der Waals surface area contributed by atoms with Crippen molar-refractivity contribution in [3.8, 4) is 23.0 Å². The third kappa shape index (κ3) is 5.55. The molecule has 6 heteroatoms. The van der Waals surface area contributed by atoms with Crippen LogP contribution in [0.3, 0.4) is 0 Å². The second-order valence-electron chi connectivity index (χ2n) is 3.57. The molecule has 1 rings (SSSR count). The Labute approximate surface area is 121 Å². The minimum atomic E-state index is -1.37. The van der Waals surface area contributed by atoms with E-state index in [1.165, 1.54) is 0 Å². The molecule has 1 aromatic carbocycles. The van der Waals surface area contributed by atoms with Crippen LogP contribution in [0.15, 0.2) is 18.2 Å². The van der Waals surface area contributed by atoms with Crippen molar-refractivity contribution in [2.24, 2.45) is 0 Å². The normalized spacial score (nSPS) is 9.00. The van der Waals surface area contributed by atoms with Gasteiger partial charge in [0.05, 0.1) is 12.4 Å².